The standard InChI is InChI=1S/C18H26N4O4/c1-13-11-14(17(24)22-8-3-4-9-22)5-6-15(13)20-12-16(23)21-18(25)19-7-10-26-2/h5-6,11,20H,3-4,7-10,12H2,1-2H3,(H2,19,21,23,25). The monoisotopic (exact) mass is 362 g/mol. The minimum absolute atomic E-state index is 0.0437. The van der Waals surface area contributed by atoms with E-state index in [0.717, 1.165) is 37.2 Å². The van der Waals surface area contributed by atoms with Crippen LogP contribution in [0.3, 0.4) is 0 Å². The zero-order chi connectivity index (χ0) is 18.9. The predicted octanol–water partition coefficient (Wildman–Crippen LogP) is 1.12. The molecule has 3 N–H and O–H groups in total. The van der Waals surface area contributed by atoms with Gasteiger partial charge >= 0.3 is 6.03 Å². The Morgan fingerprint density at radius 2 is 1.92 bits per heavy atom. The minimum Gasteiger partial charge on any atom is -0.383 e. The molecular formula is C18H26N4O4. The smallest absolute Gasteiger partial charge is 0.321 e. The van der Waals surface area contributed by atoms with E-state index in [2.05, 4.69) is 16.0 Å². The summed E-state index contributed by atoms with van der Waals surface area (Å²) >= 11 is 0. The van der Waals surface area contributed by atoms with Crippen LogP contribution in [0.4, 0.5) is 10.5 Å². The van der Waals surface area contributed by atoms with Gasteiger partial charge in [-0.25, -0.2) is 4.79 Å². The average Bonchev–Trinajstić information content (AvgIpc) is 3.14. The number of nitrogens with zero attached hydrogens (tertiary/aromatic N) is 1. The normalized spacial score (nSPS) is 13.4. The number of hydrogen-bond acceptors (Lipinski definition) is 5. The van der Waals surface area contributed by atoms with Crippen LogP contribution in [0.1, 0.15) is 28.8 Å². The number of carbonyl (C=O) groups is 3. The molecule has 0 spiro atoms. The molecule has 26 heavy (non-hydrogen) atoms. The minimum atomic E-state index is -0.558. The quantitative estimate of drug-likeness (QED) is 0.631. The molecule has 0 bridgehead atoms. The van der Waals surface area contributed by atoms with Crippen molar-refractivity contribution in [2.45, 2.75) is 19.8 Å². The summed E-state index contributed by atoms with van der Waals surface area (Å²) in [5, 5.41) is 7.71. The third-order valence-electron chi connectivity index (χ3n) is 4.15. The lowest BCUT2D eigenvalue weighted by Crippen LogP contribution is -2.43. The summed E-state index contributed by atoms with van der Waals surface area (Å²) in [7, 11) is 1.53. The van der Waals surface area contributed by atoms with E-state index in [1.54, 1.807) is 12.1 Å². The van der Waals surface area contributed by atoms with E-state index in [9.17, 15) is 14.4 Å². The van der Waals surface area contributed by atoms with E-state index < -0.39 is 11.9 Å². The fourth-order valence-corrected chi connectivity index (χ4v) is 2.75. The molecule has 1 aromatic rings. The molecule has 2 rings (SSSR count). The second kappa shape index (κ2) is 9.76. The van der Waals surface area contributed by atoms with Crippen LogP contribution in [0.5, 0.6) is 0 Å². The Kier molecular flexibility index (Phi) is 7.40. The molecule has 0 saturated carbocycles. The third-order valence-corrected chi connectivity index (χ3v) is 4.15. The molecule has 1 heterocycles. The van der Waals surface area contributed by atoms with Crippen molar-refractivity contribution >= 4 is 23.5 Å². The number of benzene rings is 1. The lowest BCUT2D eigenvalue weighted by atomic mass is 10.1. The van der Waals surface area contributed by atoms with Gasteiger partial charge in [0.2, 0.25) is 5.91 Å². The van der Waals surface area contributed by atoms with Gasteiger partial charge in [-0.1, -0.05) is 0 Å². The van der Waals surface area contributed by atoms with Crippen molar-refractivity contribution in [3.8, 4) is 0 Å². The number of amides is 4. The van der Waals surface area contributed by atoms with Crippen LogP contribution in [0.2, 0.25) is 0 Å². The average molecular weight is 362 g/mol. The predicted molar refractivity (Wildman–Crippen MR) is 98.2 cm³/mol. The second-order valence-corrected chi connectivity index (χ2v) is 6.18. The van der Waals surface area contributed by atoms with Gasteiger partial charge in [-0.05, 0) is 43.5 Å². The highest BCUT2D eigenvalue weighted by Gasteiger charge is 2.19. The van der Waals surface area contributed by atoms with Crippen molar-refractivity contribution in [3.63, 3.8) is 0 Å². The first-order chi connectivity index (χ1) is 12.5. The number of nitrogens with one attached hydrogen (secondary N) is 3. The third kappa shape index (κ3) is 5.73. The number of methoxy groups -OCH3 is 1. The van der Waals surface area contributed by atoms with Crippen LogP contribution in [0.15, 0.2) is 18.2 Å². The summed E-state index contributed by atoms with van der Waals surface area (Å²) in [5.41, 5.74) is 2.27. The molecule has 0 radical (unpaired) electrons. The van der Waals surface area contributed by atoms with Gasteiger partial charge in [0.1, 0.15) is 0 Å². The Labute approximate surface area is 153 Å². The number of hydrogen-bond donors (Lipinski definition) is 3. The number of aryl methyl sites for hydroxylation is 1. The Hall–Kier alpha value is -2.61. The molecule has 1 fully saturated rings. The van der Waals surface area contributed by atoms with Crippen LogP contribution >= 0.6 is 0 Å². The van der Waals surface area contributed by atoms with Gasteiger partial charge in [-0.2, -0.15) is 0 Å². The number of likely N-dealkylation sites (tertiary alicyclic amines) is 1. The molecule has 8 nitrogen and oxygen atoms in total. The highest BCUT2D eigenvalue weighted by molar-refractivity contribution is 5.97. The highest BCUT2D eigenvalue weighted by Crippen LogP contribution is 2.19. The number of ether oxygens (including phenoxy) is 1. The van der Waals surface area contributed by atoms with Crippen molar-refractivity contribution in [2.75, 3.05) is 45.2 Å². The Morgan fingerprint density at radius 3 is 2.58 bits per heavy atom. The number of urea groups is 1. The van der Waals surface area contributed by atoms with Gasteiger partial charge in [0.05, 0.1) is 13.2 Å². The number of carbonyl (C=O) groups excluding carboxylic acids is 3. The maximum Gasteiger partial charge on any atom is 0.321 e. The van der Waals surface area contributed by atoms with Crippen LogP contribution in [0, 0.1) is 6.92 Å². The number of rotatable bonds is 7. The van der Waals surface area contributed by atoms with E-state index in [4.69, 9.17) is 4.74 Å². The van der Waals surface area contributed by atoms with Crippen LogP contribution < -0.4 is 16.0 Å². The van der Waals surface area contributed by atoms with Crippen molar-refractivity contribution in [2.24, 2.45) is 0 Å². The summed E-state index contributed by atoms with van der Waals surface area (Å²) in [6.07, 6.45) is 2.11. The van der Waals surface area contributed by atoms with Gasteiger partial charge in [-0.3, -0.25) is 14.9 Å². The Morgan fingerprint density at radius 1 is 1.19 bits per heavy atom. The molecule has 1 aromatic carbocycles. The maximum atomic E-state index is 12.4. The zero-order valence-corrected chi connectivity index (χ0v) is 15.3. The Bertz CT molecular complexity index is 657. The summed E-state index contributed by atoms with van der Waals surface area (Å²) in [4.78, 5) is 37.5. The van der Waals surface area contributed by atoms with Gasteiger partial charge in [-0.15, -0.1) is 0 Å². The fraction of sp³-hybridized carbons (Fsp3) is 0.500. The molecule has 1 aliphatic heterocycles. The highest BCUT2D eigenvalue weighted by atomic mass is 16.5. The maximum absolute atomic E-state index is 12.4. The first-order valence-corrected chi connectivity index (χ1v) is 8.71. The van der Waals surface area contributed by atoms with Gasteiger partial charge in [0, 0.05) is 38.0 Å². The summed E-state index contributed by atoms with van der Waals surface area (Å²) in [5.74, 6) is -0.404. The van der Waals surface area contributed by atoms with E-state index in [0.29, 0.717) is 18.7 Å². The Balaban J connectivity index is 1.83. The lowest BCUT2D eigenvalue weighted by Gasteiger charge is -2.16. The number of imide groups is 1. The van der Waals surface area contributed by atoms with Crippen LogP contribution in [-0.4, -0.2) is 62.6 Å². The van der Waals surface area contributed by atoms with Crippen molar-refractivity contribution in [3.05, 3.63) is 29.3 Å². The van der Waals surface area contributed by atoms with Gasteiger partial charge in [0.25, 0.3) is 5.91 Å². The SMILES string of the molecule is COCCNC(=O)NC(=O)CNc1ccc(C(=O)N2CCCC2)cc1C. The zero-order valence-electron chi connectivity index (χ0n) is 15.3. The molecular weight excluding hydrogens is 336 g/mol. The van der Waals surface area contributed by atoms with Gasteiger partial charge < -0.3 is 20.3 Å². The van der Waals surface area contributed by atoms with Gasteiger partial charge in [0.15, 0.2) is 0 Å². The number of anilines is 1. The van der Waals surface area contributed by atoms with E-state index in [1.807, 2.05) is 17.9 Å². The first kappa shape index (κ1) is 19.7. The molecule has 0 aromatic heterocycles. The largest absolute Gasteiger partial charge is 0.383 e. The molecule has 142 valence electrons. The van der Waals surface area contributed by atoms with Crippen molar-refractivity contribution < 1.29 is 19.1 Å². The van der Waals surface area contributed by atoms with Crippen molar-refractivity contribution in [1.29, 1.82) is 0 Å². The van der Waals surface area contributed by atoms with E-state index >= 15 is 0 Å². The fourth-order valence-electron chi connectivity index (χ4n) is 2.75. The summed E-state index contributed by atoms with van der Waals surface area (Å²) in [6, 6.07) is 4.80. The first-order valence-electron chi connectivity index (χ1n) is 8.71. The summed E-state index contributed by atoms with van der Waals surface area (Å²) in [6.45, 7) is 4.15. The van der Waals surface area contributed by atoms with E-state index in [1.165, 1.54) is 7.11 Å². The second-order valence-electron chi connectivity index (χ2n) is 6.18. The molecule has 1 aliphatic rings. The summed E-state index contributed by atoms with van der Waals surface area (Å²) < 4.78 is 4.81. The van der Waals surface area contributed by atoms with Crippen LogP contribution in [0.25, 0.3) is 0 Å². The van der Waals surface area contributed by atoms with E-state index in [-0.39, 0.29) is 12.5 Å². The molecule has 4 amide bonds. The topological polar surface area (TPSA) is 99.8 Å². The lowest BCUT2D eigenvalue weighted by molar-refractivity contribution is -0.118. The van der Waals surface area contributed by atoms with Crippen molar-refractivity contribution in [1.82, 2.24) is 15.5 Å². The molecule has 0 atom stereocenters. The van der Waals surface area contributed by atoms with Crippen LogP contribution in [-0.2, 0) is 9.53 Å². The molecule has 0 aliphatic carbocycles. The molecule has 1 saturated heterocycles. The molecule has 8 heteroatoms. The molecule has 0 unspecified atom stereocenters.